The highest BCUT2D eigenvalue weighted by molar-refractivity contribution is 6.25. The van der Waals surface area contributed by atoms with E-state index in [1.165, 1.54) is 43.4 Å². The van der Waals surface area contributed by atoms with E-state index in [1.54, 1.807) is 0 Å². The monoisotopic (exact) mass is 360 g/mol. The van der Waals surface area contributed by atoms with Crippen LogP contribution in [0.2, 0.25) is 0 Å². The Bertz CT molecular complexity index is 1250. The third kappa shape index (κ3) is 2.68. The highest BCUT2D eigenvalue weighted by Gasteiger charge is 2.17. The van der Waals surface area contributed by atoms with Gasteiger partial charge in [0.15, 0.2) is 0 Å². The van der Waals surface area contributed by atoms with Crippen LogP contribution in [0.5, 0.6) is 0 Å². The molecule has 28 heavy (non-hydrogen) atoms. The fourth-order valence-electron chi connectivity index (χ4n) is 4.54. The minimum atomic E-state index is 0.456. The number of hydrogen-bond donors (Lipinski definition) is 0. The molecule has 0 bridgehead atoms. The number of rotatable bonds is 3. The van der Waals surface area contributed by atoms with Gasteiger partial charge in [-0.3, -0.25) is 0 Å². The molecule has 0 saturated heterocycles. The number of hydrogen-bond acceptors (Lipinski definition) is 0. The summed E-state index contributed by atoms with van der Waals surface area (Å²) < 4.78 is 0. The summed E-state index contributed by atoms with van der Waals surface area (Å²) in [4.78, 5) is 0. The Morgan fingerprint density at radius 1 is 0.393 bits per heavy atom. The maximum absolute atomic E-state index is 2.42. The molecule has 2 unspecified atom stereocenters. The maximum Gasteiger partial charge on any atom is -0.00961 e. The first-order valence-electron chi connectivity index (χ1n) is 10.1. The summed E-state index contributed by atoms with van der Waals surface area (Å²) in [5.41, 5.74) is 2.81. The van der Waals surface area contributed by atoms with Gasteiger partial charge in [-0.05, 0) is 55.3 Å². The summed E-state index contributed by atoms with van der Waals surface area (Å²) >= 11 is 0. The van der Waals surface area contributed by atoms with E-state index < -0.39 is 0 Å². The quantitative estimate of drug-likeness (QED) is 0.285. The maximum atomic E-state index is 2.42. The van der Waals surface area contributed by atoms with Crippen molar-refractivity contribution in [1.82, 2.24) is 0 Å². The molecule has 2 atom stereocenters. The second-order valence-electron chi connectivity index (χ2n) is 7.88. The van der Waals surface area contributed by atoms with Gasteiger partial charge in [-0.15, -0.1) is 0 Å². The van der Waals surface area contributed by atoms with Crippen LogP contribution in [0.1, 0.15) is 36.8 Å². The van der Waals surface area contributed by atoms with Crippen molar-refractivity contribution in [2.24, 2.45) is 0 Å². The lowest BCUT2D eigenvalue weighted by Crippen LogP contribution is -2.04. The lowest BCUT2D eigenvalue weighted by Gasteiger charge is -2.22. The zero-order valence-corrected chi connectivity index (χ0v) is 16.4. The standard InChI is InChI=1S/C28H24/c1-19(21-10-4-3-5-11-21)20(2)22-16-17-27-25-14-7-6-12-23(25)24-13-8-9-15-26(24)28(27)18-22/h3-20H,1-2H3. The molecule has 0 amide bonds. The van der Waals surface area contributed by atoms with Crippen LogP contribution in [-0.4, -0.2) is 0 Å². The van der Waals surface area contributed by atoms with Gasteiger partial charge < -0.3 is 0 Å². The van der Waals surface area contributed by atoms with Gasteiger partial charge in [0.2, 0.25) is 0 Å². The molecule has 136 valence electrons. The first-order valence-corrected chi connectivity index (χ1v) is 10.1. The Balaban J connectivity index is 1.73. The van der Waals surface area contributed by atoms with Gasteiger partial charge in [-0.2, -0.15) is 0 Å². The van der Waals surface area contributed by atoms with E-state index in [9.17, 15) is 0 Å². The number of benzene rings is 5. The lowest BCUT2D eigenvalue weighted by atomic mass is 9.82. The van der Waals surface area contributed by atoms with Crippen LogP contribution in [-0.2, 0) is 0 Å². The minimum Gasteiger partial charge on any atom is -0.0622 e. The fourth-order valence-corrected chi connectivity index (χ4v) is 4.54. The second-order valence-corrected chi connectivity index (χ2v) is 7.88. The molecule has 0 spiro atoms. The van der Waals surface area contributed by atoms with E-state index in [-0.39, 0.29) is 0 Å². The van der Waals surface area contributed by atoms with Gasteiger partial charge in [0, 0.05) is 0 Å². The first kappa shape index (κ1) is 17.0. The summed E-state index contributed by atoms with van der Waals surface area (Å²) in [6.07, 6.45) is 0. The van der Waals surface area contributed by atoms with Crippen LogP contribution in [0, 0.1) is 0 Å². The van der Waals surface area contributed by atoms with Gasteiger partial charge in [0.25, 0.3) is 0 Å². The Hall–Kier alpha value is -3.12. The summed E-state index contributed by atoms with van der Waals surface area (Å²) in [7, 11) is 0. The molecule has 0 aromatic heterocycles. The van der Waals surface area contributed by atoms with Gasteiger partial charge in [-0.1, -0.05) is 111 Å². The summed E-state index contributed by atoms with van der Waals surface area (Å²) in [6, 6.07) is 35.5. The molecule has 0 fully saturated rings. The molecule has 5 aromatic rings. The molecule has 0 saturated carbocycles. The van der Waals surface area contributed by atoms with Crippen LogP contribution in [0.15, 0.2) is 97.1 Å². The topological polar surface area (TPSA) is 0 Å². The Kier molecular flexibility index (Phi) is 4.13. The highest BCUT2D eigenvalue weighted by atomic mass is 14.2. The van der Waals surface area contributed by atoms with Crippen LogP contribution in [0.3, 0.4) is 0 Å². The zero-order valence-electron chi connectivity index (χ0n) is 16.4. The molecule has 0 heterocycles. The van der Waals surface area contributed by atoms with E-state index in [0.29, 0.717) is 11.8 Å². The molecule has 0 heteroatoms. The molecule has 0 radical (unpaired) electrons. The molecule has 0 nitrogen and oxygen atoms in total. The molecule has 0 aliphatic heterocycles. The van der Waals surface area contributed by atoms with E-state index in [2.05, 4.69) is 111 Å². The minimum absolute atomic E-state index is 0.456. The van der Waals surface area contributed by atoms with Crippen molar-refractivity contribution in [3.63, 3.8) is 0 Å². The Labute approximate surface area is 166 Å². The largest absolute Gasteiger partial charge is 0.0622 e. The highest BCUT2D eigenvalue weighted by Crippen LogP contribution is 2.38. The predicted molar refractivity (Wildman–Crippen MR) is 122 cm³/mol. The molecule has 0 aliphatic carbocycles. The van der Waals surface area contributed by atoms with Crippen LogP contribution in [0.25, 0.3) is 32.3 Å². The van der Waals surface area contributed by atoms with Crippen molar-refractivity contribution in [2.75, 3.05) is 0 Å². The van der Waals surface area contributed by atoms with Crippen molar-refractivity contribution in [3.05, 3.63) is 108 Å². The molecule has 0 N–H and O–H groups in total. The normalized spacial score (nSPS) is 13.8. The van der Waals surface area contributed by atoms with Crippen molar-refractivity contribution in [2.45, 2.75) is 25.7 Å². The van der Waals surface area contributed by atoms with Gasteiger partial charge in [0.1, 0.15) is 0 Å². The van der Waals surface area contributed by atoms with Crippen LogP contribution < -0.4 is 0 Å². The van der Waals surface area contributed by atoms with Crippen molar-refractivity contribution in [3.8, 4) is 0 Å². The third-order valence-corrected chi connectivity index (χ3v) is 6.37. The fraction of sp³-hybridized carbons (Fsp3) is 0.143. The first-order chi connectivity index (χ1) is 13.7. The molecular weight excluding hydrogens is 336 g/mol. The second kappa shape index (κ2) is 6.80. The average molecular weight is 361 g/mol. The molecule has 0 aliphatic rings. The summed E-state index contributed by atoms with van der Waals surface area (Å²) in [6.45, 7) is 4.69. The smallest absolute Gasteiger partial charge is 0.00961 e. The zero-order chi connectivity index (χ0) is 19.1. The van der Waals surface area contributed by atoms with Crippen molar-refractivity contribution >= 4 is 32.3 Å². The van der Waals surface area contributed by atoms with E-state index >= 15 is 0 Å². The van der Waals surface area contributed by atoms with E-state index in [0.717, 1.165) is 0 Å². The van der Waals surface area contributed by atoms with Crippen molar-refractivity contribution < 1.29 is 0 Å². The van der Waals surface area contributed by atoms with Gasteiger partial charge >= 0.3 is 0 Å². The summed E-state index contributed by atoms with van der Waals surface area (Å²) in [5.74, 6) is 0.933. The SMILES string of the molecule is CC(c1ccccc1)C(C)c1ccc2c3ccccc3c3ccccc3c2c1. The predicted octanol–water partition coefficient (Wildman–Crippen LogP) is 8.05. The average Bonchev–Trinajstić information content (AvgIpc) is 2.78. The van der Waals surface area contributed by atoms with E-state index in [4.69, 9.17) is 0 Å². The van der Waals surface area contributed by atoms with Crippen LogP contribution >= 0.6 is 0 Å². The lowest BCUT2D eigenvalue weighted by molar-refractivity contribution is 0.624. The molecular formula is C28H24. The van der Waals surface area contributed by atoms with Crippen molar-refractivity contribution in [1.29, 1.82) is 0 Å². The number of fused-ring (bicyclic) bond motifs is 6. The summed E-state index contributed by atoms with van der Waals surface area (Å²) in [5, 5.41) is 8.07. The van der Waals surface area contributed by atoms with Gasteiger partial charge in [-0.25, -0.2) is 0 Å². The van der Waals surface area contributed by atoms with Crippen LogP contribution in [0.4, 0.5) is 0 Å². The molecule has 5 aromatic carbocycles. The Morgan fingerprint density at radius 3 is 1.39 bits per heavy atom. The molecule has 5 rings (SSSR count). The van der Waals surface area contributed by atoms with Gasteiger partial charge in [0.05, 0.1) is 0 Å². The third-order valence-electron chi connectivity index (χ3n) is 6.37. The Morgan fingerprint density at radius 2 is 0.821 bits per heavy atom. The van der Waals surface area contributed by atoms with E-state index in [1.807, 2.05) is 0 Å².